The Morgan fingerprint density at radius 3 is 2.39 bits per heavy atom. The summed E-state index contributed by atoms with van der Waals surface area (Å²) in [5.41, 5.74) is -0.350. The molecule has 9 heteroatoms. The minimum atomic E-state index is -0.561. The van der Waals surface area contributed by atoms with Crippen LogP contribution >= 0.6 is 0 Å². The summed E-state index contributed by atoms with van der Waals surface area (Å²) in [6, 6.07) is -0.314. The summed E-state index contributed by atoms with van der Waals surface area (Å²) < 4.78 is 5.45. The number of aromatic nitrogens is 2. The molecule has 0 saturated carbocycles. The molecule has 1 saturated heterocycles. The number of rotatable bonds is 4. The number of nitrogens with zero attached hydrogens (tertiary/aromatic N) is 4. The highest BCUT2D eigenvalue weighted by Gasteiger charge is 2.37. The molecular formula is C19H29N5O4. The van der Waals surface area contributed by atoms with Crippen LogP contribution in [0.1, 0.15) is 51.5 Å². The van der Waals surface area contributed by atoms with Gasteiger partial charge in [-0.3, -0.25) is 14.6 Å². The lowest BCUT2D eigenvalue weighted by molar-refractivity contribution is -0.137. The van der Waals surface area contributed by atoms with Crippen molar-refractivity contribution in [3.05, 3.63) is 24.3 Å². The number of piperazine rings is 1. The number of nitrogens with one attached hydrogen (secondary N) is 1. The van der Waals surface area contributed by atoms with Gasteiger partial charge in [0.25, 0.3) is 5.91 Å². The summed E-state index contributed by atoms with van der Waals surface area (Å²) in [4.78, 5) is 48.1. The molecule has 3 amide bonds. The first-order valence-electron chi connectivity index (χ1n) is 9.43. The quantitative estimate of drug-likeness (QED) is 0.833. The van der Waals surface area contributed by atoms with E-state index in [1.807, 2.05) is 34.6 Å². The highest BCUT2D eigenvalue weighted by Crippen LogP contribution is 2.20. The minimum Gasteiger partial charge on any atom is -0.444 e. The fourth-order valence-corrected chi connectivity index (χ4v) is 3.01. The van der Waals surface area contributed by atoms with Crippen molar-refractivity contribution < 1.29 is 19.1 Å². The summed E-state index contributed by atoms with van der Waals surface area (Å²) in [6.45, 7) is 10.4. The maximum absolute atomic E-state index is 12.6. The van der Waals surface area contributed by atoms with Gasteiger partial charge in [0, 0.05) is 44.5 Å². The first kappa shape index (κ1) is 21.6. The monoisotopic (exact) mass is 391 g/mol. The van der Waals surface area contributed by atoms with Crippen molar-refractivity contribution >= 4 is 17.9 Å². The lowest BCUT2D eigenvalue weighted by Crippen LogP contribution is -2.61. The van der Waals surface area contributed by atoms with Crippen LogP contribution in [0.4, 0.5) is 4.79 Å². The van der Waals surface area contributed by atoms with Gasteiger partial charge >= 0.3 is 6.09 Å². The molecule has 9 nitrogen and oxygen atoms in total. The third kappa shape index (κ3) is 5.64. The number of carbonyl (C=O) groups excluding carboxylic acids is 3. The highest BCUT2D eigenvalue weighted by molar-refractivity contribution is 5.92. The minimum absolute atomic E-state index is 0.0670. The van der Waals surface area contributed by atoms with Gasteiger partial charge in [0.2, 0.25) is 5.91 Å². The molecule has 1 N–H and O–H groups in total. The Morgan fingerprint density at radius 2 is 1.79 bits per heavy atom. The van der Waals surface area contributed by atoms with Crippen LogP contribution in [0.5, 0.6) is 0 Å². The molecule has 28 heavy (non-hydrogen) atoms. The van der Waals surface area contributed by atoms with Gasteiger partial charge in [0.15, 0.2) is 0 Å². The number of ether oxygens (including phenoxy) is 1. The van der Waals surface area contributed by atoms with Crippen LogP contribution in [0.3, 0.4) is 0 Å². The third-order valence-corrected chi connectivity index (χ3v) is 4.63. The van der Waals surface area contributed by atoms with E-state index >= 15 is 0 Å². The van der Waals surface area contributed by atoms with Crippen LogP contribution in [0.15, 0.2) is 18.6 Å². The Bertz CT molecular complexity index is 704. The fourth-order valence-electron chi connectivity index (χ4n) is 3.01. The second kappa shape index (κ2) is 8.99. The van der Waals surface area contributed by atoms with Crippen molar-refractivity contribution in [3.8, 4) is 0 Å². The van der Waals surface area contributed by atoms with Gasteiger partial charge in [-0.05, 0) is 34.6 Å². The standard InChI is InChI=1S/C19H29N5O4/c1-13-14(2)24(18(27)28-19(3,4)5)11-10-23(13)16(25)6-7-22-17(26)15-12-20-8-9-21-15/h8-9,12-14H,6-7,10-11H2,1-5H3,(H,22,26)/t13-,14-/m1/s1. The molecule has 1 aliphatic rings. The number of carbonyl (C=O) groups is 3. The van der Waals surface area contributed by atoms with Crippen LogP contribution < -0.4 is 5.32 Å². The topological polar surface area (TPSA) is 105 Å². The number of amides is 3. The SMILES string of the molecule is C[C@@H]1[C@@H](C)N(C(=O)OC(C)(C)C)CCN1C(=O)CCNC(=O)c1cnccn1. The molecule has 2 atom stereocenters. The van der Waals surface area contributed by atoms with Gasteiger partial charge < -0.3 is 19.9 Å². The molecule has 0 aromatic carbocycles. The largest absolute Gasteiger partial charge is 0.444 e. The molecule has 0 aliphatic carbocycles. The Morgan fingerprint density at radius 1 is 1.14 bits per heavy atom. The maximum Gasteiger partial charge on any atom is 0.410 e. The predicted molar refractivity (Wildman–Crippen MR) is 103 cm³/mol. The molecule has 1 fully saturated rings. The third-order valence-electron chi connectivity index (χ3n) is 4.63. The molecular weight excluding hydrogens is 362 g/mol. The summed E-state index contributed by atoms with van der Waals surface area (Å²) in [5.74, 6) is -0.431. The molecule has 0 unspecified atom stereocenters. The lowest BCUT2D eigenvalue weighted by Gasteiger charge is -2.45. The molecule has 1 aromatic rings. The maximum atomic E-state index is 12.6. The molecule has 2 rings (SSSR count). The van der Waals surface area contributed by atoms with E-state index in [2.05, 4.69) is 15.3 Å². The second-order valence-corrected chi connectivity index (χ2v) is 7.84. The van der Waals surface area contributed by atoms with Crippen LogP contribution in [0.2, 0.25) is 0 Å². The first-order chi connectivity index (χ1) is 13.1. The summed E-state index contributed by atoms with van der Waals surface area (Å²) in [6.07, 6.45) is 4.11. The van der Waals surface area contributed by atoms with Gasteiger partial charge in [-0.1, -0.05) is 0 Å². The van der Waals surface area contributed by atoms with E-state index in [1.54, 1.807) is 9.80 Å². The Balaban J connectivity index is 1.85. The van der Waals surface area contributed by atoms with E-state index in [0.717, 1.165) is 0 Å². The van der Waals surface area contributed by atoms with Crippen molar-refractivity contribution in [2.75, 3.05) is 19.6 Å². The summed E-state index contributed by atoms with van der Waals surface area (Å²) in [7, 11) is 0. The Hall–Kier alpha value is -2.71. The highest BCUT2D eigenvalue weighted by atomic mass is 16.6. The normalized spacial score (nSPS) is 19.9. The molecule has 0 spiro atoms. The molecule has 154 valence electrons. The molecule has 2 heterocycles. The summed E-state index contributed by atoms with van der Waals surface area (Å²) in [5, 5.41) is 2.67. The fraction of sp³-hybridized carbons (Fsp3) is 0.632. The first-order valence-corrected chi connectivity index (χ1v) is 9.43. The van der Waals surface area contributed by atoms with Crippen LogP contribution in [-0.4, -0.2) is 75.0 Å². The van der Waals surface area contributed by atoms with Crippen molar-refractivity contribution in [2.24, 2.45) is 0 Å². The summed E-state index contributed by atoms with van der Waals surface area (Å²) >= 11 is 0. The molecule has 1 aromatic heterocycles. The average molecular weight is 391 g/mol. The van der Waals surface area contributed by atoms with Crippen LogP contribution in [-0.2, 0) is 9.53 Å². The van der Waals surface area contributed by atoms with Crippen molar-refractivity contribution in [2.45, 2.75) is 58.7 Å². The smallest absolute Gasteiger partial charge is 0.410 e. The van der Waals surface area contributed by atoms with Gasteiger partial charge in [-0.25, -0.2) is 9.78 Å². The molecule has 1 aliphatic heterocycles. The van der Waals surface area contributed by atoms with Gasteiger partial charge in [0.05, 0.1) is 12.2 Å². The average Bonchev–Trinajstić information content (AvgIpc) is 2.62. The van der Waals surface area contributed by atoms with E-state index in [4.69, 9.17) is 4.74 Å². The van der Waals surface area contributed by atoms with E-state index in [1.165, 1.54) is 18.6 Å². The number of hydrogen-bond acceptors (Lipinski definition) is 6. The zero-order valence-corrected chi connectivity index (χ0v) is 17.1. The van der Waals surface area contributed by atoms with Crippen molar-refractivity contribution in [3.63, 3.8) is 0 Å². The Labute approximate surface area is 165 Å². The molecule has 0 radical (unpaired) electrons. The van der Waals surface area contributed by atoms with E-state index in [0.29, 0.717) is 13.1 Å². The van der Waals surface area contributed by atoms with Crippen LogP contribution in [0, 0.1) is 0 Å². The van der Waals surface area contributed by atoms with E-state index in [-0.39, 0.29) is 48.7 Å². The zero-order chi connectivity index (χ0) is 20.9. The predicted octanol–water partition coefficient (Wildman–Crippen LogP) is 1.45. The number of hydrogen-bond donors (Lipinski definition) is 1. The Kier molecular flexibility index (Phi) is 6.93. The van der Waals surface area contributed by atoms with Crippen molar-refractivity contribution in [1.82, 2.24) is 25.1 Å². The zero-order valence-electron chi connectivity index (χ0n) is 17.1. The van der Waals surface area contributed by atoms with E-state index < -0.39 is 5.60 Å². The van der Waals surface area contributed by atoms with Gasteiger partial charge in [-0.2, -0.15) is 0 Å². The van der Waals surface area contributed by atoms with E-state index in [9.17, 15) is 14.4 Å². The van der Waals surface area contributed by atoms with Crippen LogP contribution in [0.25, 0.3) is 0 Å². The second-order valence-electron chi connectivity index (χ2n) is 7.84. The van der Waals surface area contributed by atoms with Gasteiger partial charge in [0.1, 0.15) is 11.3 Å². The lowest BCUT2D eigenvalue weighted by atomic mass is 10.0. The molecule has 0 bridgehead atoms. The van der Waals surface area contributed by atoms with Gasteiger partial charge in [-0.15, -0.1) is 0 Å². The van der Waals surface area contributed by atoms with Crippen molar-refractivity contribution in [1.29, 1.82) is 0 Å².